The third kappa shape index (κ3) is 2.55. The number of carbonyl (C=O) groups excluding carboxylic acids is 1. The van der Waals surface area contributed by atoms with Gasteiger partial charge in [-0.15, -0.1) is 0 Å². The molecule has 0 unspecified atom stereocenters. The van der Waals surface area contributed by atoms with Crippen molar-refractivity contribution < 1.29 is 13.6 Å². The molecule has 4 nitrogen and oxygen atoms in total. The van der Waals surface area contributed by atoms with Crippen molar-refractivity contribution in [2.24, 2.45) is 17.1 Å². The van der Waals surface area contributed by atoms with Gasteiger partial charge in [-0.3, -0.25) is 0 Å². The van der Waals surface area contributed by atoms with E-state index in [1.807, 2.05) is 0 Å². The molecule has 1 saturated carbocycles. The molecule has 2 rings (SSSR count). The fourth-order valence-corrected chi connectivity index (χ4v) is 2.60. The maximum atomic E-state index is 13.3. The van der Waals surface area contributed by atoms with Crippen LogP contribution in [-0.4, -0.2) is 42.0 Å². The van der Waals surface area contributed by atoms with Crippen LogP contribution in [0.4, 0.5) is 13.6 Å². The molecule has 110 valence electrons. The summed E-state index contributed by atoms with van der Waals surface area (Å²) in [6.07, 6.45) is 2.00. The third-order valence-corrected chi connectivity index (χ3v) is 4.85. The quantitative estimate of drug-likeness (QED) is 0.825. The zero-order chi connectivity index (χ0) is 14.5. The standard InChI is InChI=1S/C13H23F2N3O/c1-11(2,12(3,14)15)7-17-10(19)18-6-9-4-5-13(9,16)8-18/h9H,4-8,16H2,1-3H3,(H,17,19)/t9-,13-/m0/s1. The van der Waals surface area contributed by atoms with Gasteiger partial charge in [0, 0.05) is 30.6 Å². The van der Waals surface area contributed by atoms with Crippen LogP contribution >= 0.6 is 0 Å². The first-order chi connectivity index (χ1) is 8.55. The molecule has 0 aromatic rings. The van der Waals surface area contributed by atoms with Crippen LogP contribution in [0.15, 0.2) is 0 Å². The molecule has 0 spiro atoms. The first kappa shape index (κ1) is 14.5. The number of hydrogen-bond acceptors (Lipinski definition) is 2. The van der Waals surface area contributed by atoms with E-state index < -0.39 is 11.3 Å². The Hall–Kier alpha value is -0.910. The minimum absolute atomic E-state index is 0.0475. The number of nitrogens with one attached hydrogen (secondary N) is 1. The van der Waals surface area contributed by atoms with Crippen LogP contribution in [0.3, 0.4) is 0 Å². The van der Waals surface area contributed by atoms with Gasteiger partial charge in [0.25, 0.3) is 5.92 Å². The summed E-state index contributed by atoms with van der Waals surface area (Å²) >= 11 is 0. The summed E-state index contributed by atoms with van der Waals surface area (Å²) in [6, 6.07) is -0.281. The van der Waals surface area contributed by atoms with Gasteiger partial charge in [0.2, 0.25) is 0 Å². The molecule has 2 amide bonds. The highest BCUT2D eigenvalue weighted by molar-refractivity contribution is 5.75. The second kappa shape index (κ2) is 4.30. The second-order valence-corrected chi connectivity index (χ2v) is 6.78. The van der Waals surface area contributed by atoms with Gasteiger partial charge in [-0.05, 0) is 25.7 Å². The highest BCUT2D eigenvalue weighted by Crippen LogP contribution is 2.42. The number of alkyl halides is 2. The topological polar surface area (TPSA) is 58.4 Å². The minimum Gasteiger partial charge on any atom is -0.337 e. The number of hydrogen-bond donors (Lipinski definition) is 2. The van der Waals surface area contributed by atoms with Crippen molar-refractivity contribution in [3.8, 4) is 0 Å². The van der Waals surface area contributed by atoms with Gasteiger partial charge in [0.15, 0.2) is 0 Å². The van der Waals surface area contributed by atoms with Crippen LogP contribution in [0, 0.1) is 11.3 Å². The Balaban J connectivity index is 1.86. The van der Waals surface area contributed by atoms with Gasteiger partial charge in [-0.25, -0.2) is 13.6 Å². The van der Waals surface area contributed by atoms with E-state index in [-0.39, 0.29) is 18.1 Å². The van der Waals surface area contributed by atoms with Crippen LogP contribution in [0.25, 0.3) is 0 Å². The number of nitrogens with zero attached hydrogens (tertiary/aromatic N) is 1. The minimum atomic E-state index is -2.83. The van der Waals surface area contributed by atoms with E-state index in [2.05, 4.69) is 5.32 Å². The van der Waals surface area contributed by atoms with Gasteiger partial charge in [-0.2, -0.15) is 0 Å². The molecule has 1 saturated heterocycles. The zero-order valence-corrected chi connectivity index (χ0v) is 11.8. The molecular weight excluding hydrogens is 252 g/mol. The molecule has 2 atom stereocenters. The summed E-state index contributed by atoms with van der Waals surface area (Å²) < 4.78 is 26.7. The third-order valence-electron chi connectivity index (χ3n) is 4.85. The van der Waals surface area contributed by atoms with Gasteiger partial charge in [-0.1, -0.05) is 13.8 Å². The van der Waals surface area contributed by atoms with E-state index in [1.165, 1.54) is 13.8 Å². The van der Waals surface area contributed by atoms with Gasteiger partial charge < -0.3 is 16.0 Å². The Labute approximate surface area is 112 Å². The van der Waals surface area contributed by atoms with Crippen LogP contribution in [0.2, 0.25) is 0 Å². The first-order valence-corrected chi connectivity index (χ1v) is 6.75. The Morgan fingerprint density at radius 2 is 2.11 bits per heavy atom. The van der Waals surface area contributed by atoms with Crippen LogP contribution in [0.5, 0.6) is 0 Å². The van der Waals surface area contributed by atoms with Crippen molar-refractivity contribution in [3.63, 3.8) is 0 Å². The first-order valence-electron chi connectivity index (χ1n) is 6.75. The predicted molar refractivity (Wildman–Crippen MR) is 69.0 cm³/mol. The largest absolute Gasteiger partial charge is 0.337 e. The highest BCUT2D eigenvalue weighted by atomic mass is 19.3. The van der Waals surface area contributed by atoms with Crippen molar-refractivity contribution >= 4 is 6.03 Å². The van der Waals surface area contributed by atoms with E-state index in [9.17, 15) is 13.6 Å². The average Bonchev–Trinajstić information content (AvgIpc) is 2.49. The van der Waals surface area contributed by atoms with Gasteiger partial charge >= 0.3 is 6.03 Å². The van der Waals surface area contributed by atoms with E-state index in [1.54, 1.807) is 4.90 Å². The smallest absolute Gasteiger partial charge is 0.317 e. The molecule has 2 fully saturated rings. The van der Waals surface area contributed by atoms with Crippen molar-refractivity contribution in [3.05, 3.63) is 0 Å². The lowest BCUT2D eigenvalue weighted by molar-refractivity contribution is -0.0857. The second-order valence-electron chi connectivity index (χ2n) is 6.78. The molecule has 2 aliphatic rings. The van der Waals surface area contributed by atoms with E-state index >= 15 is 0 Å². The summed E-state index contributed by atoms with van der Waals surface area (Å²) in [5, 5.41) is 2.61. The number of rotatable bonds is 3. The number of carbonyl (C=O) groups is 1. The molecule has 0 radical (unpaired) electrons. The van der Waals surface area contributed by atoms with Crippen LogP contribution in [0.1, 0.15) is 33.6 Å². The molecule has 1 aliphatic heterocycles. The Morgan fingerprint density at radius 3 is 2.47 bits per heavy atom. The molecule has 0 aromatic carbocycles. The number of fused-ring (bicyclic) bond motifs is 1. The summed E-state index contributed by atoms with van der Waals surface area (Å²) in [4.78, 5) is 13.6. The van der Waals surface area contributed by atoms with Crippen molar-refractivity contribution in [2.45, 2.75) is 45.1 Å². The monoisotopic (exact) mass is 275 g/mol. The fraction of sp³-hybridized carbons (Fsp3) is 0.923. The van der Waals surface area contributed by atoms with Crippen molar-refractivity contribution in [2.75, 3.05) is 19.6 Å². The molecule has 0 aromatic heterocycles. The van der Waals surface area contributed by atoms with Gasteiger partial charge in [0.05, 0.1) is 0 Å². The summed E-state index contributed by atoms with van der Waals surface area (Å²) in [6.45, 7) is 4.91. The van der Waals surface area contributed by atoms with E-state index in [4.69, 9.17) is 5.73 Å². The maximum absolute atomic E-state index is 13.3. The predicted octanol–water partition coefficient (Wildman–Crippen LogP) is 1.80. The normalized spacial score (nSPS) is 30.8. The van der Waals surface area contributed by atoms with E-state index in [0.29, 0.717) is 19.0 Å². The number of halogens is 2. The van der Waals surface area contributed by atoms with Crippen LogP contribution in [-0.2, 0) is 0 Å². The molecular formula is C13H23F2N3O. The number of nitrogens with two attached hydrogens (primary N) is 1. The highest BCUT2D eigenvalue weighted by Gasteiger charge is 2.51. The molecule has 1 heterocycles. The fourth-order valence-electron chi connectivity index (χ4n) is 2.60. The molecule has 3 N–H and O–H groups in total. The van der Waals surface area contributed by atoms with Crippen LogP contribution < -0.4 is 11.1 Å². The number of amides is 2. The molecule has 6 heteroatoms. The summed E-state index contributed by atoms with van der Waals surface area (Å²) in [5.74, 6) is -2.46. The molecule has 19 heavy (non-hydrogen) atoms. The average molecular weight is 275 g/mol. The number of urea groups is 1. The lowest BCUT2D eigenvalue weighted by Crippen LogP contribution is -2.55. The summed E-state index contributed by atoms with van der Waals surface area (Å²) in [5.41, 5.74) is 4.65. The SMILES string of the molecule is CC(F)(F)C(C)(C)CNC(=O)N1C[C@@H]2CC[C@]2(N)C1. The Bertz CT molecular complexity index is 381. The van der Waals surface area contributed by atoms with E-state index in [0.717, 1.165) is 19.8 Å². The van der Waals surface area contributed by atoms with Crippen molar-refractivity contribution in [1.29, 1.82) is 0 Å². The van der Waals surface area contributed by atoms with Gasteiger partial charge in [0.1, 0.15) is 0 Å². The Morgan fingerprint density at radius 1 is 1.47 bits per heavy atom. The lowest BCUT2D eigenvalue weighted by atomic mass is 9.70. The Kier molecular flexibility index (Phi) is 3.28. The lowest BCUT2D eigenvalue weighted by Gasteiger charge is -2.39. The molecule has 0 bridgehead atoms. The summed E-state index contributed by atoms with van der Waals surface area (Å²) in [7, 11) is 0. The number of likely N-dealkylation sites (tertiary alicyclic amines) is 1. The maximum Gasteiger partial charge on any atom is 0.317 e. The molecule has 1 aliphatic carbocycles. The van der Waals surface area contributed by atoms with Crippen molar-refractivity contribution in [1.82, 2.24) is 10.2 Å². The zero-order valence-electron chi connectivity index (χ0n) is 11.8.